The zero-order valence-electron chi connectivity index (χ0n) is 5.44. The molecule has 1 N–H and O–H groups in total. The highest BCUT2D eigenvalue weighted by molar-refractivity contribution is 5.01. The second-order valence-electron chi connectivity index (χ2n) is 2.31. The topological polar surface area (TPSA) is 15.3 Å². The number of nitrogens with zero attached hydrogens (tertiary/aromatic N) is 1. The van der Waals surface area contributed by atoms with Crippen LogP contribution in [0.4, 0.5) is 0 Å². The van der Waals surface area contributed by atoms with E-state index >= 15 is 0 Å². The molecule has 8 heavy (non-hydrogen) atoms. The van der Waals surface area contributed by atoms with Gasteiger partial charge < -0.3 is 5.01 Å². The fourth-order valence-electron chi connectivity index (χ4n) is 0.824. The summed E-state index contributed by atoms with van der Waals surface area (Å²) in [5.74, 6) is 0.611. The number of hydrogen-bond acceptors (Lipinski definition) is 2. The van der Waals surface area contributed by atoms with Gasteiger partial charge in [-0.3, -0.25) is 0 Å². The van der Waals surface area contributed by atoms with Gasteiger partial charge in [0.1, 0.15) is 0 Å². The molecule has 0 bridgehead atoms. The Morgan fingerprint density at radius 3 is 2.62 bits per heavy atom. The third-order valence-corrected chi connectivity index (χ3v) is 1.63. The van der Waals surface area contributed by atoms with Gasteiger partial charge in [-0.25, -0.2) is 5.43 Å². The lowest BCUT2D eigenvalue weighted by atomic mass is 10.1. The highest BCUT2D eigenvalue weighted by atomic mass is 15.5. The van der Waals surface area contributed by atoms with Crippen molar-refractivity contribution in [2.45, 2.75) is 6.92 Å². The first kappa shape index (κ1) is 5.63. The van der Waals surface area contributed by atoms with Crippen LogP contribution in [0.1, 0.15) is 6.92 Å². The maximum Gasteiger partial charge on any atom is 0.0260 e. The Kier molecular flexibility index (Phi) is 1.26. The van der Waals surface area contributed by atoms with Gasteiger partial charge in [-0.15, -0.1) is 0 Å². The molecule has 0 spiro atoms. The van der Waals surface area contributed by atoms with Gasteiger partial charge in [-0.2, -0.15) is 0 Å². The van der Waals surface area contributed by atoms with Crippen LogP contribution in [-0.2, 0) is 0 Å². The standard InChI is InChI=1S/C6H12N2/c1-5-4-7-8(3)6(5)2/h5,7H,2,4H2,1,3H3. The molecule has 0 aromatic carbocycles. The van der Waals surface area contributed by atoms with Gasteiger partial charge >= 0.3 is 0 Å². The van der Waals surface area contributed by atoms with E-state index in [4.69, 9.17) is 0 Å². The number of nitrogens with one attached hydrogen (secondary N) is 1. The molecule has 46 valence electrons. The van der Waals surface area contributed by atoms with E-state index < -0.39 is 0 Å². The van der Waals surface area contributed by atoms with Crippen molar-refractivity contribution >= 4 is 0 Å². The molecule has 1 unspecified atom stereocenters. The van der Waals surface area contributed by atoms with E-state index in [1.807, 2.05) is 12.1 Å². The van der Waals surface area contributed by atoms with Crippen LogP contribution < -0.4 is 5.43 Å². The average molecular weight is 112 g/mol. The quantitative estimate of drug-likeness (QED) is 0.493. The number of rotatable bonds is 0. The van der Waals surface area contributed by atoms with E-state index in [0.717, 1.165) is 6.54 Å². The lowest BCUT2D eigenvalue weighted by Gasteiger charge is -2.11. The molecule has 1 fully saturated rings. The summed E-state index contributed by atoms with van der Waals surface area (Å²) < 4.78 is 0. The first-order chi connectivity index (χ1) is 3.72. The van der Waals surface area contributed by atoms with E-state index in [2.05, 4.69) is 18.9 Å². The van der Waals surface area contributed by atoms with Crippen LogP contribution in [0.25, 0.3) is 0 Å². The minimum absolute atomic E-state index is 0.611. The first-order valence-electron chi connectivity index (χ1n) is 2.88. The van der Waals surface area contributed by atoms with Crippen molar-refractivity contribution in [3.05, 3.63) is 12.3 Å². The predicted octanol–water partition coefficient (Wildman–Crippen LogP) is 0.586. The SMILES string of the molecule is C=C1C(C)CNN1C. The Bertz CT molecular complexity index is 97.1. The van der Waals surface area contributed by atoms with Gasteiger partial charge in [0.2, 0.25) is 0 Å². The fraction of sp³-hybridized carbons (Fsp3) is 0.667. The maximum absolute atomic E-state index is 3.88. The summed E-state index contributed by atoms with van der Waals surface area (Å²) in [7, 11) is 1.99. The van der Waals surface area contributed by atoms with Crippen molar-refractivity contribution in [2.75, 3.05) is 13.6 Å². The van der Waals surface area contributed by atoms with Crippen molar-refractivity contribution in [1.82, 2.24) is 10.4 Å². The monoisotopic (exact) mass is 112 g/mol. The molecule has 0 aromatic rings. The Labute approximate surface area is 50.1 Å². The van der Waals surface area contributed by atoms with Gasteiger partial charge in [0.05, 0.1) is 0 Å². The molecule has 1 atom stereocenters. The molecule has 1 heterocycles. The molecule has 1 aliphatic heterocycles. The van der Waals surface area contributed by atoms with Crippen molar-refractivity contribution in [2.24, 2.45) is 5.92 Å². The second-order valence-corrected chi connectivity index (χ2v) is 2.31. The Morgan fingerprint density at radius 2 is 2.50 bits per heavy atom. The smallest absolute Gasteiger partial charge is 0.0260 e. The van der Waals surface area contributed by atoms with E-state index in [1.165, 1.54) is 5.70 Å². The molecule has 0 saturated carbocycles. The maximum atomic E-state index is 3.88. The summed E-state index contributed by atoms with van der Waals surface area (Å²) in [6.45, 7) is 7.08. The van der Waals surface area contributed by atoms with Gasteiger partial charge in [-0.1, -0.05) is 13.5 Å². The second kappa shape index (κ2) is 1.78. The molecule has 2 nitrogen and oxygen atoms in total. The third kappa shape index (κ3) is 0.713. The highest BCUT2D eigenvalue weighted by Crippen LogP contribution is 2.14. The fourth-order valence-corrected chi connectivity index (χ4v) is 0.824. The van der Waals surface area contributed by atoms with Gasteiger partial charge in [0.25, 0.3) is 0 Å². The van der Waals surface area contributed by atoms with Gasteiger partial charge in [0, 0.05) is 25.2 Å². The molecule has 1 rings (SSSR count). The first-order valence-corrected chi connectivity index (χ1v) is 2.88. The molecule has 0 radical (unpaired) electrons. The Balaban J connectivity index is 2.57. The van der Waals surface area contributed by atoms with Gasteiger partial charge in [0.15, 0.2) is 0 Å². The summed E-state index contributed by atoms with van der Waals surface area (Å²) >= 11 is 0. The summed E-state index contributed by atoms with van der Waals surface area (Å²) in [5.41, 5.74) is 4.34. The summed E-state index contributed by atoms with van der Waals surface area (Å²) in [5, 5.41) is 1.98. The number of hydrazine groups is 1. The Hall–Kier alpha value is -0.500. The van der Waals surface area contributed by atoms with E-state index in [9.17, 15) is 0 Å². The molecular weight excluding hydrogens is 100 g/mol. The van der Waals surface area contributed by atoms with Crippen LogP contribution in [0.3, 0.4) is 0 Å². The van der Waals surface area contributed by atoms with Crippen LogP contribution in [0.2, 0.25) is 0 Å². The van der Waals surface area contributed by atoms with Crippen molar-refractivity contribution in [3.8, 4) is 0 Å². The van der Waals surface area contributed by atoms with Crippen LogP contribution in [0.5, 0.6) is 0 Å². The van der Waals surface area contributed by atoms with Crippen molar-refractivity contribution < 1.29 is 0 Å². The Morgan fingerprint density at radius 1 is 1.88 bits per heavy atom. The lowest BCUT2D eigenvalue weighted by Crippen LogP contribution is -2.24. The molecule has 0 aromatic heterocycles. The molecule has 1 saturated heterocycles. The average Bonchev–Trinajstić information content (AvgIpc) is 1.98. The highest BCUT2D eigenvalue weighted by Gasteiger charge is 2.17. The molecular formula is C6H12N2. The summed E-state index contributed by atoms with van der Waals surface area (Å²) in [6, 6.07) is 0. The van der Waals surface area contributed by atoms with Crippen molar-refractivity contribution in [1.29, 1.82) is 0 Å². The molecule has 2 heteroatoms. The van der Waals surface area contributed by atoms with Crippen LogP contribution >= 0.6 is 0 Å². The normalized spacial score (nSPS) is 29.5. The van der Waals surface area contributed by atoms with Crippen LogP contribution in [0.15, 0.2) is 12.3 Å². The largest absolute Gasteiger partial charge is 0.316 e. The van der Waals surface area contributed by atoms with E-state index in [-0.39, 0.29) is 0 Å². The minimum atomic E-state index is 0.611. The van der Waals surface area contributed by atoms with Crippen LogP contribution in [0, 0.1) is 5.92 Å². The third-order valence-electron chi connectivity index (χ3n) is 1.63. The molecule has 1 aliphatic rings. The minimum Gasteiger partial charge on any atom is -0.316 e. The number of hydrogen-bond donors (Lipinski definition) is 1. The molecule has 0 aliphatic carbocycles. The zero-order valence-corrected chi connectivity index (χ0v) is 5.44. The van der Waals surface area contributed by atoms with Gasteiger partial charge in [-0.05, 0) is 0 Å². The van der Waals surface area contributed by atoms with E-state index in [0.29, 0.717) is 5.92 Å². The van der Waals surface area contributed by atoms with Crippen molar-refractivity contribution in [3.63, 3.8) is 0 Å². The summed E-state index contributed by atoms with van der Waals surface area (Å²) in [4.78, 5) is 0. The predicted molar refractivity (Wildman–Crippen MR) is 34.1 cm³/mol. The van der Waals surface area contributed by atoms with E-state index in [1.54, 1.807) is 0 Å². The zero-order chi connectivity index (χ0) is 6.15. The van der Waals surface area contributed by atoms with Crippen LogP contribution in [-0.4, -0.2) is 18.6 Å². The summed E-state index contributed by atoms with van der Waals surface area (Å²) in [6.07, 6.45) is 0. The molecule has 0 amide bonds. The lowest BCUT2D eigenvalue weighted by molar-refractivity contribution is 0.365.